The molecule has 0 fully saturated rings. The first kappa shape index (κ1) is 13.6. The lowest BCUT2D eigenvalue weighted by molar-refractivity contribution is -0.133. The van der Waals surface area contributed by atoms with Gasteiger partial charge in [0.15, 0.2) is 11.5 Å². The summed E-state index contributed by atoms with van der Waals surface area (Å²) in [5.74, 6) is -1.85. The summed E-state index contributed by atoms with van der Waals surface area (Å²) >= 11 is 6.06. The minimum atomic E-state index is -0.858. The van der Waals surface area contributed by atoms with Gasteiger partial charge in [-0.1, -0.05) is 29.8 Å². The van der Waals surface area contributed by atoms with Gasteiger partial charge in [-0.2, -0.15) is 0 Å². The fraction of sp³-hybridized carbons (Fsp3) is 0.231. The first-order chi connectivity index (χ1) is 8.99. The standard InChI is InChI=1S/C13H12ClNO4/c1-7(17)10-11(8-4-2-3-5-9(8)14)15(6-16)13(19)12(10)18/h2-5,11,16,18H,6H2,1H3/t11-/m0/s1. The minimum absolute atomic E-state index is 0.0489. The van der Waals surface area contributed by atoms with E-state index in [0.29, 0.717) is 10.6 Å². The average Bonchev–Trinajstić information content (AvgIpc) is 2.62. The van der Waals surface area contributed by atoms with Crippen LogP contribution in [0.3, 0.4) is 0 Å². The molecule has 1 atom stereocenters. The molecule has 19 heavy (non-hydrogen) atoms. The van der Waals surface area contributed by atoms with Crippen molar-refractivity contribution in [2.24, 2.45) is 0 Å². The maximum atomic E-state index is 11.8. The van der Waals surface area contributed by atoms with Crippen LogP contribution in [0.25, 0.3) is 0 Å². The summed E-state index contributed by atoms with van der Waals surface area (Å²) in [5.41, 5.74) is 0.438. The SMILES string of the molecule is CC(=O)C1=C(O)C(=O)N(CO)[C@H]1c1ccccc1Cl. The molecule has 1 aliphatic rings. The Labute approximate surface area is 114 Å². The van der Waals surface area contributed by atoms with E-state index in [2.05, 4.69) is 0 Å². The smallest absolute Gasteiger partial charge is 0.291 e. The first-order valence-electron chi connectivity index (χ1n) is 5.59. The largest absolute Gasteiger partial charge is 0.503 e. The summed E-state index contributed by atoms with van der Waals surface area (Å²) in [5, 5.41) is 19.4. The predicted molar refractivity (Wildman–Crippen MR) is 68.5 cm³/mol. The molecule has 100 valence electrons. The number of hydrogen-bond acceptors (Lipinski definition) is 4. The number of Topliss-reactive ketones (excluding diaryl/α,β-unsaturated/α-hetero) is 1. The van der Waals surface area contributed by atoms with E-state index in [1.54, 1.807) is 24.3 Å². The van der Waals surface area contributed by atoms with E-state index >= 15 is 0 Å². The molecule has 0 saturated carbocycles. The third kappa shape index (κ3) is 2.11. The molecule has 0 saturated heterocycles. The quantitative estimate of drug-likeness (QED) is 0.882. The Kier molecular flexibility index (Phi) is 3.59. The average molecular weight is 282 g/mol. The molecular formula is C13H12ClNO4. The van der Waals surface area contributed by atoms with Crippen molar-refractivity contribution in [3.63, 3.8) is 0 Å². The van der Waals surface area contributed by atoms with Crippen LogP contribution in [0.2, 0.25) is 5.02 Å². The first-order valence-corrected chi connectivity index (χ1v) is 5.97. The van der Waals surface area contributed by atoms with E-state index in [1.807, 2.05) is 0 Å². The minimum Gasteiger partial charge on any atom is -0.503 e. The number of aliphatic hydroxyl groups excluding tert-OH is 2. The second-order valence-electron chi connectivity index (χ2n) is 4.16. The van der Waals surface area contributed by atoms with E-state index in [4.69, 9.17) is 11.6 Å². The van der Waals surface area contributed by atoms with Crippen molar-refractivity contribution in [1.29, 1.82) is 0 Å². The van der Waals surface area contributed by atoms with Crippen molar-refractivity contribution in [3.8, 4) is 0 Å². The maximum absolute atomic E-state index is 11.8. The van der Waals surface area contributed by atoms with Crippen LogP contribution in [0, 0.1) is 0 Å². The summed E-state index contributed by atoms with van der Waals surface area (Å²) in [4.78, 5) is 24.4. The number of nitrogens with zero attached hydrogens (tertiary/aromatic N) is 1. The number of rotatable bonds is 3. The Morgan fingerprint density at radius 3 is 2.58 bits per heavy atom. The Balaban J connectivity index is 2.61. The van der Waals surface area contributed by atoms with Gasteiger partial charge in [0.05, 0.1) is 11.6 Å². The van der Waals surface area contributed by atoms with Gasteiger partial charge in [0.1, 0.15) is 6.73 Å². The van der Waals surface area contributed by atoms with Crippen molar-refractivity contribution in [2.45, 2.75) is 13.0 Å². The highest BCUT2D eigenvalue weighted by molar-refractivity contribution is 6.31. The molecule has 6 heteroatoms. The summed E-state index contributed by atoms with van der Waals surface area (Å²) in [7, 11) is 0. The van der Waals surface area contributed by atoms with E-state index in [-0.39, 0.29) is 5.57 Å². The van der Waals surface area contributed by atoms with Crippen LogP contribution in [0.15, 0.2) is 35.6 Å². The molecule has 1 heterocycles. The number of carbonyl (C=O) groups excluding carboxylic acids is 2. The van der Waals surface area contributed by atoms with Gasteiger partial charge in [0.25, 0.3) is 5.91 Å². The van der Waals surface area contributed by atoms with E-state index in [9.17, 15) is 19.8 Å². The lowest BCUT2D eigenvalue weighted by Gasteiger charge is -2.24. The molecule has 5 nitrogen and oxygen atoms in total. The zero-order chi connectivity index (χ0) is 14.2. The Morgan fingerprint density at radius 2 is 2.05 bits per heavy atom. The van der Waals surface area contributed by atoms with Crippen molar-refractivity contribution in [2.75, 3.05) is 6.73 Å². The number of amides is 1. The van der Waals surface area contributed by atoms with Crippen molar-refractivity contribution in [3.05, 3.63) is 46.2 Å². The summed E-state index contributed by atoms with van der Waals surface area (Å²) in [6, 6.07) is 5.81. The molecule has 1 aromatic rings. The summed E-state index contributed by atoms with van der Waals surface area (Å²) in [6.07, 6.45) is 0. The molecule has 1 aromatic carbocycles. The topological polar surface area (TPSA) is 77.8 Å². The Morgan fingerprint density at radius 1 is 1.42 bits per heavy atom. The Hall–Kier alpha value is -1.85. The van der Waals surface area contributed by atoms with Crippen LogP contribution < -0.4 is 0 Å². The molecular weight excluding hydrogens is 270 g/mol. The van der Waals surface area contributed by atoms with Gasteiger partial charge in [-0.25, -0.2) is 0 Å². The van der Waals surface area contributed by atoms with Crippen molar-refractivity contribution >= 4 is 23.3 Å². The zero-order valence-corrected chi connectivity index (χ0v) is 10.9. The number of carbonyl (C=O) groups is 2. The third-order valence-electron chi connectivity index (χ3n) is 3.04. The lowest BCUT2D eigenvalue weighted by Crippen LogP contribution is -2.31. The third-order valence-corrected chi connectivity index (χ3v) is 3.38. The molecule has 0 aromatic heterocycles. The number of aliphatic hydroxyl groups is 2. The number of benzene rings is 1. The van der Waals surface area contributed by atoms with Gasteiger partial charge < -0.3 is 15.1 Å². The second-order valence-corrected chi connectivity index (χ2v) is 4.57. The van der Waals surface area contributed by atoms with Crippen LogP contribution in [0.1, 0.15) is 18.5 Å². The molecule has 0 unspecified atom stereocenters. The summed E-state index contributed by atoms with van der Waals surface area (Å²) in [6.45, 7) is 0.638. The van der Waals surface area contributed by atoms with Crippen molar-refractivity contribution in [1.82, 2.24) is 4.90 Å². The molecule has 0 aliphatic carbocycles. The second kappa shape index (κ2) is 5.03. The molecule has 1 amide bonds. The Bertz CT molecular complexity index is 582. The zero-order valence-electron chi connectivity index (χ0n) is 10.1. The van der Waals surface area contributed by atoms with E-state index in [0.717, 1.165) is 4.90 Å². The lowest BCUT2D eigenvalue weighted by atomic mass is 9.97. The summed E-state index contributed by atoms with van der Waals surface area (Å²) < 4.78 is 0. The van der Waals surface area contributed by atoms with Crippen LogP contribution in [-0.2, 0) is 9.59 Å². The van der Waals surface area contributed by atoms with E-state index in [1.165, 1.54) is 6.92 Å². The number of halogens is 1. The van der Waals surface area contributed by atoms with Gasteiger partial charge in [-0.05, 0) is 18.6 Å². The monoisotopic (exact) mass is 281 g/mol. The molecule has 0 bridgehead atoms. The molecule has 2 N–H and O–H groups in total. The molecule has 1 aliphatic heterocycles. The van der Waals surface area contributed by atoms with Crippen LogP contribution in [-0.4, -0.2) is 33.5 Å². The fourth-order valence-corrected chi connectivity index (χ4v) is 2.42. The van der Waals surface area contributed by atoms with Gasteiger partial charge >= 0.3 is 0 Å². The highest BCUT2D eigenvalue weighted by Gasteiger charge is 2.42. The van der Waals surface area contributed by atoms with Gasteiger partial charge in [0.2, 0.25) is 0 Å². The van der Waals surface area contributed by atoms with Gasteiger partial charge in [-0.3, -0.25) is 9.59 Å². The predicted octanol–water partition coefficient (Wildman–Crippen LogP) is 1.57. The van der Waals surface area contributed by atoms with Gasteiger partial charge in [-0.15, -0.1) is 0 Å². The molecule has 0 spiro atoms. The normalized spacial score (nSPS) is 19.2. The molecule has 0 radical (unpaired) electrons. The van der Waals surface area contributed by atoms with Gasteiger partial charge in [0, 0.05) is 5.02 Å². The van der Waals surface area contributed by atoms with Crippen LogP contribution >= 0.6 is 11.6 Å². The van der Waals surface area contributed by atoms with Crippen molar-refractivity contribution < 1.29 is 19.8 Å². The van der Waals surface area contributed by atoms with Crippen LogP contribution in [0.4, 0.5) is 0 Å². The highest BCUT2D eigenvalue weighted by Crippen LogP contribution is 2.39. The van der Waals surface area contributed by atoms with Crippen LogP contribution in [0.5, 0.6) is 0 Å². The number of hydrogen-bond donors (Lipinski definition) is 2. The number of ketones is 1. The van der Waals surface area contributed by atoms with E-state index < -0.39 is 30.2 Å². The fourth-order valence-electron chi connectivity index (χ4n) is 2.18. The maximum Gasteiger partial charge on any atom is 0.291 e. The highest BCUT2D eigenvalue weighted by atomic mass is 35.5. The molecule has 2 rings (SSSR count).